The van der Waals surface area contributed by atoms with Crippen molar-refractivity contribution in [1.82, 2.24) is 29.7 Å². The Morgan fingerprint density at radius 1 is 0.683 bits per heavy atom. The summed E-state index contributed by atoms with van der Waals surface area (Å²) in [5, 5.41) is 58.3. The number of hydrogen-bond acceptors (Lipinski definition) is 16. The molecule has 22 nitrogen and oxygen atoms in total. The maximum atomic E-state index is 12.4. The number of nitrogens with zero attached hydrogens (tertiary/aromatic N) is 4. The average molecular weight is 852 g/mol. The number of rotatable bonds is 10. The second-order valence-corrected chi connectivity index (χ2v) is 14.4. The van der Waals surface area contributed by atoms with Crippen molar-refractivity contribution in [2.75, 3.05) is 26.2 Å². The van der Waals surface area contributed by atoms with Gasteiger partial charge in [0.05, 0.1) is 74.1 Å². The van der Waals surface area contributed by atoms with Crippen molar-refractivity contribution in [2.45, 2.75) is 49.8 Å². The Morgan fingerprint density at radius 3 is 1.37 bits per heavy atom. The minimum absolute atomic E-state index is 0. The molecule has 0 spiro atoms. The predicted molar refractivity (Wildman–Crippen MR) is 198 cm³/mol. The summed E-state index contributed by atoms with van der Waals surface area (Å²) in [7, 11) is 0. The number of likely N-dealkylation sites (tertiary alicyclic amines) is 2. The molecule has 2 atom stereocenters. The molecule has 2 fully saturated rings. The van der Waals surface area contributed by atoms with Crippen LogP contribution >= 0.6 is 0 Å². The van der Waals surface area contributed by atoms with E-state index in [1.54, 1.807) is 12.1 Å². The monoisotopic (exact) mass is 852 g/mol. The van der Waals surface area contributed by atoms with Crippen molar-refractivity contribution in [3.05, 3.63) is 83.0 Å². The number of imidazole rings is 2. The third-order valence-corrected chi connectivity index (χ3v) is 10.2. The van der Waals surface area contributed by atoms with E-state index in [-0.39, 0.29) is 157 Å². The van der Waals surface area contributed by atoms with Crippen LogP contribution in [-0.4, -0.2) is 136 Å². The number of fused-ring (bicyclic) bond motifs is 2. The molecular formula is C34H40B2N8Na2O14. The van der Waals surface area contributed by atoms with E-state index in [0.717, 1.165) is 0 Å². The fourth-order valence-corrected chi connectivity index (χ4v) is 6.94. The molecule has 0 saturated carbocycles. The maximum absolute atomic E-state index is 12.4. The summed E-state index contributed by atoms with van der Waals surface area (Å²) in [6.45, 7) is -5.25. The van der Waals surface area contributed by atoms with Crippen LogP contribution < -0.4 is 89.4 Å². The van der Waals surface area contributed by atoms with Crippen LogP contribution in [0.25, 0.3) is 0 Å². The number of aromatic amines is 2. The van der Waals surface area contributed by atoms with E-state index in [1.807, 2.05) is 0 Å². The Kier molecular flexibility index (Phi) is 14.7. The van der Waals surface area contributed by atoms with Gasteiger partial charge < -0.3 is 80.3 Å². The zero-order valence-corrected chi connectivity index (χ0v) is 36.6. The third kappa shape index (κ3) is 10.1. The standard InChI is InChI=1S/2C17H20BN4O7.2Na/c2*19-14(11-5-20-8-21-11)16(23)22-6-10(7-22)28-12-2-1-9-3-4-18(26,27)29-15(9)13(12)17(24)25;;/h2*1-2,5,8,10,14,26-27H,3-4,6-7,19H2,(H,20,21)(H,24,25);;/q2*-1;2*+1. The molecule has 2 unspecified atom stereocenters. The van der Waals surface area contributed by atoms with Crippen LogP contribution in [0.15, 0.2) is 49.3 Å². The molecule has 8 rings (SSSR count). The SMILES string of the molecule is NC(C(=O)N1CC(Oc2ccc3c(c2C(=O)O)O[B-](O)(O)CC3)C1)c1cnc[nH]1.NC(C(=O)N1CC(Oc2ccc3c(c2C(=O)O)O[B-](O)(O)CC3)C1)c1cnc[nH]1.[Na+].[Na+]. The second kappa shape index (κ2) is 18.8. The van der Waals surface area contributed by atoms with Gasteiger partial charge in [-0.15, -0.1) is 0 Å². The number of nitrogens with two attached hydrogens (primary N) is 2. The van der Waals surface area contributed by atoms with Gasteiger partial charge in [0.2, 0.25) is 11.8 Å². The number of carbonyl (C=O) groups excluding carboxylic acids is 2. The number of carbonyl (C=O) groups is 4. The van der Waals surface area contributed by atoms with Crippen molar-refractivity contribution in [1.29, 1.82) is 0 Å². The Hall–Kier alpha value is -4.17. The maximum Gasteiger partial charge on any atom is 1.00 e. The first kappa shape index (κ1) is 46.9. The van der Waals surface area contributed by atoms with E-state index in [9.17, 15) is 49.5 Å². The molecule has 12 N–H and O–H groups in total. The first-order valence-electron chi connectivity index (χ1n) is 18.3. The number of aromatic carboxylic acids is 2. The zero-order chi connectivity index (χ0) is 41.5. The molecule has 4 aliphatic rings. The summed E-state index contributed by atoms with van der Waals surface area (Å²) in [6.07, 6.45) is 5.51. The Morgan fingerprint density at radius 2 is 1.05 bits per heavy atom. The number of aromatic nitrogens is 4. The van der Waals surface area contributed by atoms with Gasteiger partial charge in [-0.25, -0.2) is 19.6 Å². The van der Waals surface area contributed by atoms with E-state index < -0.39 is 49.7 Å². The van der Waals surface area contributed by atoms with Crippen molar-refractivity contribution in [3.8, 4) is 23.0 Å². The summed E-state index contributed by atoms with van der Waals surface area (Å²) in [5.41, 5.74) is 13.4. The number of benzene rings is 2. The van der Waals surface area contributed by atoms with Gasteiger partial charge in [0.25, 0.3) is 0 Å². The van der Waals surface area contributed by atoms with E-state index >= 15 is 0 Å². The Bertz CT molecular complexity index is 2050. The van der Waals surface area contributed by atoms with Crippen LogP contribution in [-0.2, 0) is 22.4 Å². The van der Waals surface area contributed by atoms with Crippen LogP contribution in [0, 0.1) is 0 Å². The molecular weight excluding hydrogens is 812 g/mol. The quantitative estimate of drug-likeness (QED) is 0.0663. The Labute approximate surface area is 385 Å². The number of amides is 2. The molecule has 2 saturated heterocycles. The number of carboxylic acid groups (broad SMARTS) is 2. The molecule has 0 aliphatic carbocycles. The minimum Gasteiger partial charge on any atom is -0.669 e. The molecule has 4 aromatic rings. The number of nitrogens with one attached hydrogen (secondary N) is 2. The average Bonchev–Trinajstić information content (AvgIpc) is 3.88. The molecule has 2 amide bonds. The van der Waals surface area contributed by atoms with Crippen LogP contribution in [0.5, 0.6) is 23.0 Å². The van der Waals surface area contributed by atoms with E-state index in [2.05, 4.69) is 19.9 Å². The number of carboxylic acids is 2. The number of hydrogen-bond donors (Lipinski definition) is 10. The summed E-state index contributed by atoms with van der Waals surface area (Å²) < 4.78 is 21.8. The molecule has 26 heteroatoms. The summed E-state index contributed by atoms with van der Waals surface area (Å²) >= 11 is 0. The number of ether oxygens (including phenoxy) is 2. The molecule has 2 aromatic heterocycles. The third-order valence-electron chi connectivity index (χ3n) is 10.2. The van der Waals surface area contributed by atoms with E-state index in [1.165, 1.54) is 47.0 Å². The molecule has 308 valence electrons. The second-order valence-electron chi connectivity index (χ2n) is 14.4. The van der Waals surface area contributed by atoms with Gasteiger partial charge in [0, 0.05) is 0 Å². The topological polar surface area (TPSA) is 342 Å². The van der Waals surface area contributed by atoms with Gasteiger partial charge in [0.15, 0.2) is 0 Å². The number of aryl methyl sites for hydroxylation is 2. The first-order chi connectivity index (χ1) is 27.5. The van der Waals surface area contributed by atoms with Gasteiger partial charge >= 0.3 is 84.6 Å². The van der Waals surface area contributed by atoms with Crippen LogP contribution in [0.4, 0.5) is 0 Å². The molecule has 60 heavy (non-hydrogen) atoms. The van der Waals surface area contributed by atoms with Crippen LogP contribution in [0.2, 0.25) is 12.6 Å². The molecule has 0 radical (unpaired) electrons. The summed E-state index contributed by atoms with van der Waals surface area (Å²) in [5.74, 6) is -3.32. The Balaban J connectivity index is 0.000000220. The molecule has 0 bridgehead atoms. The van der Waals surface area contributed by atoms with Gasteiger partial charge in [-0.2, -0.15) is 0 Å². The minimum atomic E-state index is -3.11. The molecule has 6 heterocycles. The van der Waals surface area contributed by atoms with Gasteiger partial charge in [-0.3, -0.25) is 9.59 Å². The van der Waals surface area contributed by atoms with Gasteiger partial charge in [-0.05, 0) is 36.1 Å². The van der Waals surface area contributed by atoms with Crippen molar-refractivity contribution in [2.24, 2.45) is 11.5 Å². The fourth-order valence-electron chi connectivity index (χ4n) is 6.94. The smallest absolute Gasteiger partial charge is 0.669 e. The largest absolute Gasteiger partial charge is 1.00 e. The van der Waals surface area contributed by atoms with Gasteiger partial charge in [-0.1, -0.05) is 24.8 Å². The molecule has 4 aliphatic heterocycles. The predicted octanol–water partition coefficient (Wildman–Crippen LogP) is -7.48. The van der Waals surface area contributed by atoms with E-state index in [0.29, 0.717) is 22.5 Å². The van der Waals surface area contributed by atoms with Crippen molar-refractivity contribution < 1.29 is 127 Å². The number of H-pyrrole nitrogens is 2. The zero-order valence-electron chi connectivity index (χ0n) is 32.6. The summed E-state index contributed by atoms with van der Waals surface area (Å²) in [4.78, 5) is 64.6. The van der Waals surface area contributed by atoms with Crippen molar-refractivity contribution >= 4 is 37.3 Å². The van der Waals surface area contributed by atoms with Crippen LogP contribution in [0.1, 0.15) is 55.3 Å². The summed E-state index contributed by atoms with van der Waals surface area (Å²) in [6, 6.07) is 4.57. The normalized spacial score (nSPS) is 18.3. The first-order valence-corrected chi connectivity index (χ1v) is 18.3. The van der Waals surface area contributed by atoms with Crippen molar-refractivity contribution in [3.63, 3.8) is 0 Å². The van der Waals surface area contributed by atoms with E-state index in [4.69, 9.17) is 30.2 Å². The fraction of sp³-hybridized carbons (Fsp3) is 0.353. The van der Waals surface area contributed by atoms with Gasteiger partial charge in [0.1, 0.15) is 46.9 Å². The molecule has 2 aromatic carbocycles. The van der Waals surface area contributed by atoms with Crippen LogP contribution in [0.3, 0.4) is 0 Å².